The largest absolute Gasteiger partial charge is 0.463 e. The summed E-state index contributed by atoms with van der Waals surface area (Å²) < 4.78 is 22.8. The van der Waals surface area contributed by atoms with Crippen LogP contribution in [-0.4, -0.2) is 82.7 Å². The molecule has 0 fully saturated rings. The highest BCUT2D eigenvalue weighted by atomic mass is 31.2. The summed E-state index contributed by atoms with van der Waals surface area (Å²) in [4.78, 5) is 22.3. The molecule has 41 heavy (non-hydrogen) atoms. The summed E-state index contributed by atoms with van der Waals surface area (Å²) in [5.74, 6) is -1.25. The number of allylic oxidation sites excluding steroid dienone is 2. The van der Waals surface area contributed by atoms with Gasteiger partial charge >= 0.3 is 13.6 Å². The molecule has 2 unspecified atom stereocenters. The molecule has 0 aromatic carbocycles. The van der Waals surface area contributed by atoms with Crippen molar-refractivity contribution in [2.24, 2.45) is 0 Å². The fraction of sp³-hybridized carbons (Fsp3) is 0.903. The van der Waals surface area contributed by atoms with Gasteiger partial charge in [0.05, 0.1) is 27.2 Å². The van der Waals surface area contributed by atoms with E-state index in [-0.39, 0.29) is 30.5 Å². The van der Waals surface area contributed by atoms with E-state index in [1.807, 2.05) is 0 Å². The first kappa shape index (κ1) is 40.2. The Morgan fingerprint density at radius 2 is 1.29 bits per heavy atom. The van der Waals surface area contributed by atoms with Crippen LogP contribution in [0.4, 0.5) is 0 Å². The Labute approximate surface area is 250 Å². The molecule has 0 heterocycles. The van der Waals surface area contributed by atoms with Crippen molar-refractivity contribution in [2.75, 3.05) is 33.9 Å². The fourth-order valence-electron chi connectivity index (χ4n) is 4.51. The van der Waals surface area contributed by atoms with E-state index in [0.717, 1.165) is 32.1 Å². The number of aliphatic hydroxyl groups excluding tert-OH is 2. The Hall–Kier alpha value is -0.800. The summed E-state index contributed by atoms with van der Waals surface area (Å²) in [6, 6.07) is 0. The molecule has 3 atom stereocenters. The highest BCUT2D eigenvalue weighted by Crippen LogP contribution is 2.50. The molecule has 9 nitrogen and oxygen atoms in total. The Bertz CT molecular complexity index is 716. The predicted octanol–water partition coefficient (Wildman–Crippen LogP) is 6.42. The van der Waals surface area contributed by atoms with Gasteiger partial charge < -0.3 is 34.0 Å². The van der Waals surface area contributed by atoms with Crippen molar-refractivity contribution >= 4 is 13.6 Å². The molecule has 0 spiro atoms. The van der Waals surface area contributed by atoms with Crippen molar-refractivity contribution in [3.8, 4) is 0 Å². The number of rotatable bonds is 28. The molecule has 0 aromatic heterocycles. The van der Waals surface area contributed by atoms with E-state index in [1.54, 1.807) is 14.1 Å². The predicted molar refractivity (Wildman–Crippen MR) is 165 cm³/mol. The molecule has 0 radical (unpaired) electrons. The Balaban J connectivity index is 3.75. The summed E-state index contributed by atoms with van der Waals surface area (Å²) in [5, 5.41) is 28.2. The van der Waals surface area contributed by atoms with Crippen LogP contribution in [0, 0.1) is 0 Å². The smallest absolute Gasteiger partial charge is 0.384 e. The number of carbonyl (C=O) groups excluding carboxylic acids is 1. The zero-order chi connectivity index (χ0) is 31.0. The number of quaternary nitrogens is 1. The molecule has 0 aliphatic rings. The van der Waals surface area contributed by atoms with Gasteiger partial charge in [0.2, 0.25) is 0 Å². The van der Waals surface area contributed by atoms with Crippen LogP contribution in [0.2, 0.25) is 0 Å². The minimum atomic E-state index is -4.11. The van der Waals surface area contributed by atoms with Gasteiger partial charge in [-0.1, -0.05) is 89.7 Å². The van der Waals surface area contributed by atoms with Crippen LogP contribution in [0.1, 0.15) is 129 Å². The molecule has 0 amide bonds. The second-order valence-corrected chi connectivity index (χ2v) is 14.1. The molecule has 10 heteroatoms. The second kappa shape index (κ2) is 24.6. The van der Waals surface area contributed by atoms with Gasteiger partial charge in [0.25, 0.3) is 0 Å². The third-order valence-electron chi connectivity index (χ3n) is 7.73. The molecule has 0 aliphatic heterocycles. The van der Waals surface area contributed by atoms with Gasteiger partial charge in [-0.3, -0.25) is 9.36 Å². The lowest BCUT2D eigenvalue weighted by Crippen LogP contribution is -2.48. The second-order valence-electron chi connectivity index (χ2n) is 12.0. The molecule has 244 valence electrons. The van der Waals surface area contributed by atoms with E-state index in [9.17, 15) is 19.4 Å². The summed E-state index contributed by atoms with van der Waals surface area (Å²) in [6.45, 7) is 3.31. The van der Waals surface area contributed by atoms with Crippen molar-refractivity contribution < 1.29 is 43.3 Å². The number of unbranched alkanes of at least 4 members (excludes halogenated alkanes) is 14. The lowest BCUT2D eigenvalue weighted by atomic mass is 10.1. The van der Waals surface area contributed by atoms with E-state index < -0.39 is 38.3 Å². The van der Waals surface area contributed by atoms with Gasteiger partial charge in [-0.2, -0.15) is 0 Å². The minimum absolute atomic E-state index is 0.0347. The van der Waals surface area contributed by atoms with Crippen molar-refractivity contribution in [1.29, 1.82) is 0 Å². The topological polar surface area (TPSA) is 134 Å². The SMILES string of the molecule is CCCCCCCCCC/C=C\CCCCCCCCC(=O)OC[C@@H](O)COP(=O)(O)C(C)[N+](C)(C)CCC(O)O. The lowest BCUT2D eigenvalue weighted by Gasteiger charge is -2.37. The van der Waals surface area contributed by atoms with Crippen LogP contribution in [0.5, 0.6) is 0 Å². The monoisotopic (exact) mass is 608 g/mol. The first-order valence-electron chi connectivity index (χ1n) is 16.1. The average molecular weight is 609 g/mol. The first-order chi connectivity index (χ1) is 19.4. The van der Waals surface area contributed by atoms with E-state index in [4.69, 9.17) is 19.5 Å². The molecule has 4 N–H and O–H groups in total. The summed E-state index contributed by atoms with van der Waals surface area (Å²) >= 11 is 0. The van der Waals surface area contributed by atoms with E-state index in [1.165, 1.54) is 77.6 Å². The molecule has 0 aliphatic carbocycles. The van der Waals surface area contributed by atoms with Gasteiger partial charge in [-0.15, -0.1) is 0 Å². The number of hydrogen-bond donors (Lipinski definition) is 4. The maximum atomic E-state index is 12.6. The molecule has 0 bridgehead atoms. The van der Waals surface area contributed by atoms with Crippen LogP contribution in [-0.2, 0) is 18.6 Å². The van der Waals surface area contributed by atoms with E-state index in [2.05, 4.69) is 19.1 Å². The first-order valence-corrected chi connectivity index (χ1v) is 17.7. The third kappa shape index (κ3) is 23.3. The highest BCUT2D eigenvalue weighted by Gasteiger charge is 2.41. The van der Waals surface area contributed by atoms with E-state index >= 15 is 0 Å². The standard InChI is InChI=1S/C31H62NO8P/c1-5-6-7-8-9-10-11-12-13-14-15-16-17-18-19-20-21-22-23-31(36)39-26-29(33)27-40-41(37,38)28(2)32(3,4)25-24-30(34)35/h14-15,28-30,33-35H,5-13,16-27H2,1-4H3/p+1/b15-14-/t28?,29-/m1/s1. The molecule has 0 aromatic rings. The number of aliphatic hydroxyl groups is 3. The van der Waals surface area contributed by atoms with Gasteiger partial charge in [0.1, 0.15) is 12.7 Å². The van der Waals surface area contributed by atoms with E-state index in [0.29, 0.717) is 0 Å². The zero-order valence-corrected chi connectivity index (χ0v) is 27.4. The summed E-state index contributed by atoms with van der Waals surface area (Å²) in [7, 11) is -0.732. The molecule has 0 saturated heterocycles. The Morgan fingerprint density at radius 1 is 0.805 bits per heavy atom. The number of carbonyl (C=O) groups is 1. The Kier molecular flexibility index (Phi) is 24.1. The highest BCUT2D eigenvalue weighted by molar-refractivity contribution is 7.53. The summed E-state index contributed by atoms with van der Waals surface area (Å²) in [6.07, 6.45) is 21.9. The third-order valence-corrected chi connectivity index (χ3v) is 9.82. The number of ether oxygens (including phenoxy) is 1. The van der Waals surface area contributed by atoms with Crippen molar-refractivity contribution in [2.45, 2.75) is 148 Å². The normalized spacial score (nSPS) is 15.3. The molecular weight excluding hydrogens is 545 g/mol. The summed E-state index contributed by atoms with van der Waals surface area (Å²) in [5.41, 5.74) is 0. The lowest BCUT2D eigenvalue weighted by molar-refractivity contribution is -0.901. The van der Waals surface area contributed by atoms with Crippen LogP contribution in [0.15, 0.2) is 12.2 Å². The van der Waals surface area contributed by atoms with Crippen LogP contribution in [0.25, 0.3) is 0 Å². The van der Waals surface area contributed by atoms with Gasteiger partial charge in [0.15, 0.2) is 12.1 Å². The quantitative estimate of drug-likeness (QED) is 0.0200. The van der Waals surface area contributed by atoms with Crippen molar-refractivity contribution in [3.05, 3.63) is 12.2 Å². The molecular formula is C31H63NO8P+. The Morgan fingerprint density at radius 3 is 1.80 bits per heavy atom. The van der Waals surface area contributed by atoms with Crippen molar-refractivity contribution in [3.63, 3.8) is 0 Å². The maximum Gasteiger partial charge on any atom is 0.384 e. The van der Waals surface area contributed by atoms with Gasteiger partial charge in [0, 0.05) is 12.8 Å². The number of hydrogen-bond acceptors (Lipinski definition) is 7. The van der Waals surface area contributed by atoms with Crippen molar-refractivity contribution in [1.82, 2.24) is 0 Å². The van der Waals surface area contributed by atoms with Gasteiger partial charge in [-0.05, 0) is 39.0 Å². The van der Waals surface area contributed by atoms with Gasteiger partial charge in [-0.25, -0.2) is 0 Å². The van der Waals surface area contributed by atoms with Crippen LogP contribution < -0.4 is 0 Å². The fourth-order valence-corrected chi connectivity index (χ4v) is 6.02. The average Bonchev–Trinajstić information content (AvgIpc) is 2.92. The van der Waals surface area contributed by atoms with Crippen LogP contribution in [0.3, 0.4) is 0 Å². The zero-order valence-electron chi connectivity index (χ0n) is 26.6. The minimum Gasteiger partial charge on any atom is -0.463 e. The molecule has 0 saturated carbocycles. The maximum absolute atomic E-state index is 12.6. The van der Waals surface area contributed by atoms with Crippen LogP contribution >= 0.6 is 7.60 Å². The number of nitrogens with zero attached hydrogens (tertiary/aromatic N) is 1. The number of esters is 1. The molecule has 0 rings (SSSR count).